The minimum absolute atomic E-state index is 0.0915. The van der Waals surface area contributed by atoms with Crippen molar-refractivity contribution in [2.45, 2.75) is 0 Å². The molecule has 0 atom stereocenters. The van der Waals surface area contributed by atoms with E-state index in [0.717, 1.165) is 6.21 Å². The van der Waals surface area contributed by atoms with Crippen LogP contribution in [0.5, 0.6) is 0 Å². The fourth-order valence-electron chi connectivity index (χ4n) is 0.978. The standard InChI is InChI=1S/C10H10ClFN4O2/c11-7-2-1-3-8(12)6(7)4-15-5-9(17)18-16-10(13)14/h1-4H,5H2,(H4,13,14,16). The first-order valence-corrected chi connectivity index (χ1v) is 5.11. The lowest BCUT2D eigenvalue weighted by Crippen LogP contribution is -2.23. The summed E-state index contributed by atoms with van der Waals surface area (Å²) < 4.78 is 13.3. The van der Waals surface area contributed by atoms with E-state index in [1.165, 1.54) is 18.2 Å². The molecule has 4 N–H and O–H groups in total. The number of halogens is 2. The number of guanidine groups is 1. The van der Waals surface area contributed by atoms with Gasteiger partial charge in [0, 0.05) is 11.8 Å². The van der Waals surface area contributed by atoms with Gasteiger partial charge in [-0.1, -0.05) is 17.7 Å². The Kier molecular flexibility index (Phi) is 5.06. The highest BCUT2D eigenvalue weighted by Crippen LogP contribution is 2.16. The molecule has 96 valence electrons. The van der Waals surface area contributed by atoms with Gasteiger partial charge in [0.05, 0.1) is 5.02 Å². The zero-order chi connectivity index (χ0) is 13.5. The molecule has 1 aromatic rings. The van der Waals surface area contributed by atoms with Crippen LogP contribution < -0.4 is 11.5 Å². The Morgan fingerprint density at radius 1 is 1.50 bits per heavy atom. The highest BCUT2D eigenvalue weighted by Gasteiger charge is 2.04. The Morgan fingerprint density at radius 3 is 2.83 bits per heavy atom. The van der Waals surface area contributed by atoms with Crippen molar-refractivity contribution in [3.05, 3.63) is 34.6 Å². The van der Waals surface area contributed by atoms with Gasteiger partial charge in [0.15, 0.2) is 0 Å². The lowest BCUT2D eigenvalue weighted by atomic mass is 10.2. The van der Waals surface area contributed by atoms with Gasteiger partial charge in [0.2, 0.25) is 5.96 Å². The largest absolute Gasteiger partial charge is 0.367 e. The number of rotatable bonds is 4. The van der Waals surface area contributed by atoms with Crippen LogP contribution in [0.2, 0.25) is 5.02 Å². The maximum absolute atomic E-state index is 13.3. The van der Waals surface area contributed by atoms with Crippen LogP contribution in [0.3, 0.4) is 0 Å². The van der Waals surface area contributed by atoms with Crippen molar-refractivity contribution in [3.8, 4) is 0 Å². The molecule has 0 bridgehead atoms. The second kappa shape index (κ2) is 6.55. The van der Waals surface area contributed by atoms with E-state index >= 15 is 0 Å². The predicted octanol–water partition coefficient (Wildman–Crippen LogP) is 0.630. The number of hydrogen-bond donors (Lipinski definition) is 2. The van der Waals surface area contributed by atoms with Crippen molar-refractivity contribution >= 4 is 29.7 Å². The molecule has 0 fully saturated rings. The van der Waals surface area contributed by atoms with Gasteiger partial charge in [0.25, 0.3) is 0 Å². The maximum atomic E-state index is 13.3. The fourth-order valence-corrected chi connectivity index (χ4v) is 1.19. The number of oxime groups is 1. The van der Waals surface area contributed by atoms with Crippen molar-refractivity contribution in [2.24, 2.45) is 21.6 Å². The maximum Gasteiger partial charge on any atom is 0.356 e. The first kappa shape index (κ1) is 13.9. The predicted molar refractivity (Wildman–Crippen MR) is 65.8 cm³/mol. The van der Waals surface area contributed by atoms with Crippen LogP contribution in [0.15, 0.2) is 28.3 Å². The van der Waals surface area contributed by atoms with Gasteiger partial charge in [-0.2, -0.15) is 0 Å². The fraction of sp³-hybridized carbons (Fsp3) is 0.100. The van der Waals surface area contributed by atoms with Crippen LogP contribution in [0.25, 0.3) is 0 Å². The molecular formula is C10H10ClFN4O2. The summed E-state index contributed by atoms with van der Waals surface area (Å²) in [5.41, 5.74) is 9.98. The second-order valence-electron chi connectivity index (χ2n) is 3.08. The topological polar surface area (TPSA) is 103 Å². The summed E-state index contributed by atoms with van der Waals surface area (Å²) >= 11 is 5.75. The Labute approximate surface area is 107 Å². The molecule has 0 saturated carbocycles. The Hall–Kier alpha value is -2.15. The van der Waals surface area contributed by atoms with Crippen LogP contribution in [0.4, 0.5) is 4.39 Å². The zero-order valence-corrected chi connectivity index (χ0v) is 9.89. The molecule has 0 amide bonds. The van der Waals surface area contributed by atoms with Crippen molar-refractivity contribution in [2.75, 3.05) is 6.54 Å². The number of aliphatic imine (C=N–C) groups is 1. The highest BCUT2D eigenvalue weighted by atomic mass is 35.5. The summed E-state index contributed by atoms with van der Waals surface area (Å²) in [5.74, 6) is -1.71. The second-order valence-corrected chi connectivity index (χ2v) is 3.49. The van der Waals surface area contributed by atoms with E-state index in [0.29, 0.717) is 0 Å². The number of carbonyl (C=O) groups excluding carboxylic acids is 1. The van der Waals surface area contributed by atoms with E-state index in [1.807, 2.05) is 0 Å². The molecule has 0 aliphatic rings. The zero-order valence-electron chi connectivity index (χ0n) is 9.14. The molecule has 0 spiro atoms. The average molecular weight is 273 g/mol. The van der Waals surface area contributed by atoms with E-state index in [2.05, 4.69) is 15.0 Å². The number of hydrogen-bond acceptors (Lipinski definition) is 4. The van der Waals surface area contributed by atoms with Gasteiger partial charge in [-0.15, -0.1) is 0 Å². The Morgan fingerprint density at radius 2 is 2.22 bits per heavy atom. The van der Waals surface area contributed by atoms with E-state index < -0.39 is 11.8 Å². The van der Waals surface area contributed by atoms with E-state index in [-0.39, 0.29) is 23.1 Å². The van der Waals surface area contributed by atoms with Gasteiger partial charge in [-0.25, -0.2) is 9.18 Å². The molecule has 0 heterocycles. The minimum Gasteiger partial charge on any atom is -0.367 e. The molecular weight excluding hydrogens is 263 g/mol. The van der Waals surface area contributed by atoms with Gasteiger partial charge in [-0.05, 0) is 17.3 Å². The van der Waals surface area contributed by atoms with Crippen molar-refractivity contribution < 1.29 is 14.0 Å². The van der Waals surface area contributed by atoms with Crippen molar-refractivity contribution in [1.82, 2.24) is 0 Å². The summed E-state index contributed by atoms with van der Waals surface area (Å²) in [6.07, 6.45) is 1.13. The number of nitrogens with zero attached hydrogens (tertiary/aromatic N) is 2. The first-order valence-electron chi connectivity index (χ1n) is 4.73. The summed E-state index contributed by atoms with van der Waals surface area (Å²) in [5, 5.41) is 3.22. The molecule has 0 radical (unpaired) electrons. The smallest absolute Gasteiger partial charge is 0.356 e. The third-order valence-corrected chi connectivity index (χ3v) is 2.02. The number of carbonyl (C=O) groups is 1. The molecule has 0 aliphatic carbocycles. The van der Waals surface area contributed by atoms with Gasteiger partial charge >= 0.3 is 5.97 Å². The van der Waals surface area contributed by atoms with E-state index in [4.69, 9.17) is 23.1 Å². The lowest BCUT2D eigenvalue weighted by Gasteiger charge is -1.98. The molecule has 0 unspecified atom stereocenters. The summed E-state index contributed by atoms with van der Waals surface area (Å²) in [6, 6.07) is 4.19. The molecule has 0 saturated heterocycles. The number of nitrogens with two attached hydrogens (primary N) is 2. The summed E-state index contributed by atoms with van der Waals surface area (Å²) in [7, 11) is 0. The highest BCUT2D eigenvalue weighted by molar-refractivity contribution is 6.33. The van der Waals surface area contributed by atoms with Crippen molar-refractivity contribution in [1.29, 1.82) is 0 Å². The summed E-state index contributed by atoms with van der Waals surface area (Å²) in [6.45, 7) is -0.360. The molecule has 1 aromatic carbocycles. The van der Waals surface area contributed by atoms with Crippen molar-refractivity contribution in [3.63, 3.8) is 0 Å². The number of benzene rings is 1. The van der Waals surface area contributed by atoms with Crippen LogP contribution in [-0.2, 0) is 9.63 Å². The SMILES string of the molecule is NC(N)=NOC(=O)CN=Cc1c(F)cccc1Cl. The molecule has 6 nitrogen and oxygen atoms in total. The Bertz CT molecular complexity index is 480. The van der Waals surface area contributed by atoms with Gasteiger partial charge in [0.1, 0.15) is 12.4 Å². The molecule has 8 heteroatoms. The molecule has 0 aromatic heterocycles. The first-order chi connectivity index (χ1) is 8.50. The molecule has 0 aliphatic heterocycles. The normalized spacial score (nSPS) is 10.3. The lowest BCUT2D eigenvalue weighted by molar-refractivity contribution is -0.141. The molecule has 18 heavy (non-hydrogen) atoms. The third-order valence-electron chi connectivity index (χ3n) is 1.69. The van der Waals surface area contributed by atoms with Crippen LogP contribution >= 0.6 is 11.6 Å². The van der Waals surface area contributed by atoms with Crippen LogP contribution in [0.1, 0.15) is 5.56 Å². The average Bonchev–Trinajstić information content (AvgIpc) is 2.30. The van der Waals surface area contributed by atoms with Crippen LogP contribution in [-0.4, -0.2) is 24.7 Å². The van der Waals surface area contributed by atoms with Gasteiger partial charge in [-0.3, -0.25) is 4.99 Å². The third kappa shape index (κ3) is 4.38. The Balaban J connectivity index is 2.60. The van der Waals surface area contributed by atoms with Crippen LogP contribution in [0, 0.1) is 5.82 Å². The monoisotopic (exact) mass is 272 g/mol. The minimum atomic E-state index is -0.785. The summed E-state index contributed by atoms with van der Waals surface area (Å²) in [4.78, 5) is 19.0. The van der Waals surface area contributed by atoms with Gasteiger partial charge < -0.3 is 16.3 Å². The molecule has 1 rings (SSSR count). The van der Waals surface area contributed by atoms with E-state index in [1.54, 1.807) is 0 Å². The quantitative estimate of drug-likeness (QED) is 0.363. The van der Waals surface area contributed by atoms with E-state index in [9.17, 15) is 9.18 Å².